The molecule has 2 heterocycles. The fraction of sp³-hybridized carbons (Fsp3) is 0.481. The van der Waals surface area contributed by atoms with Crippen LogP contribution in [0.3, 0.4) is 0 Å². The lowest BCUT2D eigenvalue weighted by atomic mass is 9.96. The van der Waals surface area contributed by atoms with Crippen molar-refractivity contribution in [1.29, 1.82) is 0 Å². The summed E-state index contributed by atoms with van der Waals surface area (Å²) in [6.07, 6.45) is 8.89. The van der Waals surface area contributed by atoms with Gasteiger partial charge in [0.1, 0.15) is 0 Å². The number of hydrogen-bond donors (Lipinski definition) is 1. The number of carbonyl (C=O) groups excluding carboxylic acids is 2. The van der Waals surface area contributed by atoms with Crippen molar-refractivity contribution in [2.75, 3.05) is 39.0 Å². The van der Waals surface area contributed by atoms with Gasteiger partial charge in [0.15, 0.2) is 0 Å². The first-order valence-electron chi connectivity index (χ1n) is 12.2. The van der Waals surface area contributed by atoms with Gasteiger partial charge in [-0.05, 0) is 36.1 Å². The van der Waals surface area contributed by atoms with Gasteiger partial charge in [-0.2, -0.15) is 0 Å². The Morgan fingerprint density at radius 1 is 1.23 bits per heavy atom. The number of nitrogens with one attached hydrogen (secondary N) is 1. The summed E-state index contributed by atoms with van der Waals surface area (Å²) in [6.45, 7) is 4.75. The van der Waals surface area contributed by atoms with Gasteiger partial charge in [0.2, 0.25) is 11.8 Å². The summed E-state index contributed by atoms with van der Waals surface area (Å²) in [5, 5.41) is 5.46. The maximum atomic E-state index is 12.7. The summed E-state index contributed by atoms with van der Waals surface area (Å²) in [5.74, 6) is 2.23. The van der Waals surface area contributed by atoms with Crippen LogP contribution in [0, 0.1) is 12.3 Å². The van der Waals surface area contributed by atoms with Crippen LogP contribution in [-0.2, 0) is 20.6 Å². The van der Waals surface area contributed by atoms with Crippen LogP contribution >= 0.6 is 0 Å². The summed E-state index contributed by atoms with van der Waals surface area (Å²) in [6, 6.07) is 15.0. The minimum atomic E-state index is -1.27. The number of amides is 2. The fourth-order valence-corrected chi connectivity index (χ4v) is 6.28. The molecule has 2 aromatic rings. The summed E-state index contributed by atoms with van der Waals surface area (Å²) < 4.78 is 14.3. The Bertz CT molecular complexity index is 1130. The normalized spacial score (nSPS) is 21.3. The van der Waals surface area contributed by atoms with Gasteiger partial charge >= 0.3 is 0 Å². The van der Waals surface area contributed by atoms with Crippen LogP contribution in [0.4, 0.5) is 0 Å². The van der Waals surface area contributed by atoms with E-state index in [0.29, 0.717) is 6.54 Å². The van der Waals surface area contributed by atoms with E-state index >= 15 is 0 Å². The Labute approximate surface area is 210 Å². The molecule has 0 spiro atoms. The molecule has 2 aliphatic heterocycles. The Balaban J connectivity index is 1.33. The Hall–Kier alpha value is -2.73. The zero-order chi connectivity index (χ0) is 24.9. The lowest BCUT2D eigenvalue weighted by Crippen LogP contribution is -2.50. The van der Waals surface area contributed by atoms with Crippen molar-refractivity contribution in [3.05, 3.63) is 48.0 Å². The third-order valence-corrected chi connectivity index (χ3v) is 8.31. The first kappa shape index (κ1) is 25.4. The molecule has 8 heteroatoms. The molecule has 2 amide bonds. The van der Waals surface area contributed by atoms with Crippen LogP contribution < -0.4 is 5.32 Å². The van der Waals surface area contributed by atoms with Crippen molar-refractivity contribution in [3.8, 4) is 12.3 Å². The molecule has 0 aliphatic carbocycles. The van der Waals surface area contributed by atoms with Gasteiger partial charge in [0, 0.05) is 44.4 Å². The van der Waals surface area contributed by atoms with E-state index in [1.54, 1.807) is 15.5 Å². The number of terminal acetylenes is 1. The molecule has 2 saturated heterocycles. The van der Waals surface area contributed by atoms with Gasteiger partial charge in [-0.25, -0.2) is 8.51 Å². The molecule has 186 valence electrons. The minimum absolute atomic E-state index is 0.0446. The van der Waals surface area contributed by atoms with E-state index in [1.165, 1.54) is 16.3 Å². The van der Waals surface area contributed by atoms with Crippen LogP contribution in [0.15, 0.2) is 42.5 Å². The molecule has 35 heavy (non-hydrogen) atoms. The highest BCUT2D eigenvalue weighted by atomic mass is 32.2. The van der Waals surface area contributed by atoms with Gasteiger partial charge < -0.3 is 10.2 Å². The Morgan fingerprint density at radius 3 is 2.66 bits per heavy atom. The second-order valence-corrected chi connectivity index (χ2v) is 10.8. The highest BCUT2D eigenvalue weighted by Crippen LogP contribution is 2.31. The molecular formula is C27H34N4O3S. The van der Waals surface area contributed by atoms with Crippen LogP contribution in [0.2, 0.25) is 0 Å². The lowest BCUT2D eigenvalue weighted by molar-refractivity contribution is -0.127. The van der Waals surface area contributed by atoms with E-state index in [0.717, 1.165) is 25.9 Å². The smallest absolute Gasteiger partial charge is 0.235 e. The maximum Gasteiger partial charge on any atom is 0.235 e. The van der Waals surface area contributed by atoms with Gasteiger partial charge in [-0.1, -0.05) is 48.4 Å². The highest BCUT2D eigenvalue weighted by Gasteiger charge is 2.33. The first-order chi connectivity index (χ1) is 16.9. The number of piperidine rings is 1. The molecule has 3 unspecified atom stereocenters. The van der Waals surface area contributed by atoms with Crippen LogP contribution in [0.5, 0.6) is 0 Å². The van der Waals surface area contributed by atoms with Gasteiger partial charge in [0.05, 0.1) is 30.1 Å². The molecule has 0 saturated carbocycles. The van der Waals surface area contributed by atoms with Crippen molar-refractivity contribution in [3.63, 3.8) is 0 Å². The van der Waals surface area contributed by atoms with E-state index in [-0.39, 0.29) is 49.5 Å². The second-order valence-electron chi connectivity index (χ2n) is 9.46. The number of carbonyl (C=O) groups is 2. The number of benzene rings is 2. The van der Waals surface area contributed by atoms with E-state index in [9.17, 15) is 13.8 Å². The van der Waals surface area contributed by atoms with Crippen molar-refractivity contribution >= 4 is 33.6 Å². The van der Waals surface area contributed by atoms with Crippen LogP contribution in [-0.4, -0.2) is 81.2 Å². The van der Waals surface area contributed by atoms with Crippen molar-refractivity contribution in [2.24, 2.45) is 0 Å². The van der Waals surface area contributed by atoms with E-state index in [4.69, 9.17) is 6.42 Å². The molecule has 4 rings (SSSR count). The van der Waals surface area contributed by atoms with Crippen LogP contribution in [0.25, 0.3) is 10.8 Å². The second kappa shape index (κ2) is 11.3. The fourth-order valence-electron chi connectivity index (χ4n) is 5.35. The molecule has 0 bridgehead atoms. The molecule has 2 aromatic carbocycles. The monoisotopic (exact) mass is 494 g/mol. The van der Waals surface area contributed by atoms with Crippen LogP contribution in [0.1, 0.15) is 37.8 Å². The summed E-state index contributed by atoms with van der Waals surface area (Å²) in [4.78, 5) is 28.8. The van der Waals surface area contributed by atoms with Crippen molar-refractivity contribution < 1.29 is 13.8 Å². The third-order valence-electron chi connectivity index (χ3n) is 7.22. The summed E-state index contributed by atoms with van der Waals surface area (Å²) in [5.41, 5.74) is 1.32. The average molecular weight is 495 g/mol. The van der Waals surface area contributed by atoms with Crippen molar-refractivity contribution in [2.45, 2.75) is 44.3 Å². The number of rotatable bonds is 8. The predicted molar refractivity (Wildman–Crippen MR) is 140 cm³/mol. The summed E-state index contributed by atoms with van der Waals surface area (Å²) >= 11 is 0. The molecular weight excluding hydrogens is 460 g/mol. The largest absolute Gasteiger partial charge is 0.350 e. The number of nitrogens with zero attached hydrogens (tertiary/aromatic N) is 3. The molecule has 3 atom stereocenters. The number of fused-ring (bicyclic) bond motifs is 1. The van der Waals surface area contributed by atoms with E-state index in [1.807, 2.05) is 0 Å². The minimum Gasteiger partial charge on any atom is -0.350 e. The number of likely N-dealkylation sites (tertiary alicyclic amines) is 2. The Kier molecular flexibility index (Phi) is 8.22. The number of hydrogen-bond acceptors (Lipinski definition) is 4. The van der Waals surface area contributed by atoms with E-state index < -0.39 is 11.0 Å². The summed E-state index contributed by atoms with van der Waals surface area (Å²) in [7, 11) is -1.27. The Morgan fingerprint density at radius 2 is 1.94 bits per heavy atom. The van der Waals surface area contributed by atoms with Crippen molar-refractivity contribution in [1.82, 2.24) is 19.4 Å². The van der Waals surface area contributed by atoms with E-state index in [2.05, 4.69) is 65.5 Å². The zero-order valence-electron chi connectivity index (χ0n) is 20.5. The quantitative estimate of drug-likeness (QED) is 0.572. The molecule has 1 N–H and O–H groups in total. The van der Waals surface area contributed by atoms with Gasteiger partial charge in [0.25, 0.3) is 0 Å². The topological polar surface area (TPSA) is 73.0 Å². The molecule has 7 nitrogen and oxygen atoms in total. The predicted octanol–water partition coefficient (Wildman–Crippen LogP) is 2.31. The molecule has 2 fully saturated rings. The lowest BCUT2D eigenvalue weighted by Gasteiger charge is -2.40. The highest BCUT2D eigenvalue weighted by molar-refractivity contribution is 7.81. The molecule has 0 radical (unpaired) electrons. The standard InChI is InChI=1S/C27H34N4O3S/c1-4-14-30-18-22(17-27(30)33)28-26(32)19-31(35(3)34)23-12-15-29(16-13-23)20(2)24-11-7-9-21-8-5-6-10-25(21)24/h1,5-11,20,22-23H,12-19H2,2-3H3,(H,28,32). The maximum absolute atomic E-state index is 12.7. The SMILES string of the molecule is C#CCN1CC(NC(=O)CN(C2CCN(C(C)c3cccc4ccccc34)CC2)S(C)=O)CC1=O. The first-order valence-corrected chi connectivity index (χ1v) is 13.7. The molecule has 2 aliphatic rings. The van der Waals surface area contributed by atoms with Gasteiger partial charge in [-0.15, -0.1) is 6.42 Å². The third kappa shape index (κ3) is 5.92. The van der Waals surface area contributed by atoms with Gasteiger partial charge in [-0.3, -0.25) is 14.5 Å². The zero-order valence-corrected chi connectivity index (χ0v) is 21.3. The average Bonchev–Trinajstić information content (AvgIpc) is 3.20. The molecule has 0 aromatic heterocycles.